The average molecular weight is 328 g/mol. The molecule has 122 valence electrons. The molecular formula is C18H23F3S. The fourth-order valence-electron chi connectivity index (χ4n) is 2.77. The molecule has 2 aliphatic rings. The Labute approximate surface area is 135 Å². The molecule has 0 N–H and O–H groups in total. The summed E-state index contributed by atoms with van der Waals surface area (Å²) in [6.07, 6.45) is 3.04. The van der Waals surface area contributed by atoms with Crippen molar-refractivity contribution in [1.29, 1.82) is 0 Å². The van der Waals surface area contributed by atoms with E-state index in [1.54, 1.807) is 6.92 Å². The van der Waals surface area contributed by atoms with Gasteiger partial charge < -0.3 is 0 Å². The Hall–Kier alpha value is -0.900. The molecule has 0 radical (unpaired) electrons. The molecule has 2 rings (SSSR count). The Balaban J connectivity index is 2.52. The van der Waals surface area contributed by atoms with Crippen molar-refractivity contribution in [2.45, 2.75) is 53.1 Å². The summed E-state index contributed by atoms with van der Waals surface area (Å²) in [5, 5.41) is 0. The maximum absolute atomic E-state index is 13.3. The number of halogens is 3. The summed E-state index contributed by atoms with van der Waals surface area (Å²) in [5.74, 6) is 0.643. The highest BCUT2D eigenvalue weighted by molar-refractivity contribution is 8.07. The maximum atomic E-state index is 13.3. The highest BCUT2D eigenvalue weighted by Crippen LogP contribution is 2.44. The van der Waals surface area contributed by atoms with Crippen molar-refractivity contribution >= 4 is 11.8 Å². The summed E-state index contributed by atoms with van der Waals surface area (Å²) in [5.41, 5.74) is 1.45. The van der Waals surface area contributed by atoms with E-state index in [0.29, 0.717) is 18.3 Å². The lowest BCUT2D eigenvalue weighted by molar-refractivity contribution is -0.0883. The lowest BCUT2D eigenvalue weighted by Gasteiger charge is -2.21. The van der Waals surface area contributed by atoms with Gasteiger partial charge in [0, 0.05) is 4.91 Å². The van der Waals surface area contributed by atoms with Crippen molar-refractivity contribution in [2.24, 2.45) is 11.8 Å². The van der Waals surface area contributed by atoms with Crippen LogP contribution in [0.25, 0.3) is 0 Å². The van der Waals surface area contributed by atoms with E-state index in [0.717, 1.165) is 23.3 Å². The number of allylic oxidation sites excluding steroid dienone is 7. The molecule has 1 unspecified atom stereocenters. The van der Waals surface area contributed by atoms with Gasteiger partial charge in [-0.05, 0) is 49.0 Å². The van der Waals surface area contributed by atoms with Crippen LogP contribution >= 0.6 is 11.8 Å². The molecular weight excluding hydrogens is 305 g/mol. The van der Waals surface area contributed by atoms with E-state index in [1.807, 2.05) is 0 Å². The second kappa shape index (κ2) is 6.69. The SMILES string of the molecule is CC1=CC(C(F)(F)F)=CC2=C(CC1)C(C)CC=C(C(C)C)S2. The van der Waals surface area contributed by atoms with Crippen LogP contribution in [-0.2, 0) is 0 Å². The predicted octanol–water partition coefficient (Wildman–Crippen LogP) is 6.78. The normalized spacial score (nSPS) is 24.0. The van der Waals surface area contributed by atoms with Gasteiger partial charge >= 0.3 is 6.18 Å². The smallest absolute Gasteiger partial charge is 0.166 e. The Kier molecular flexibility index (Phi) is 5.31. The van der Waals surface area contributed by atoms with Crippen LogP contribution in [0.1, 0.15) is 47.0 Å². The Bertz CT molecular complexity index is 559. The Morgan fingerprint density at radius 1 is 1.18 bits per heavy atom. The predicted molar refractivity (Wildman–Crippen MR) is 88.4 cm³/mol. The van der Waals surface area contributed by atoms with Crippen LogP contribution in [0, 0.1) is 11.8 Å². The van der Waals surface area contributed by atoms with Gasteiger partial charge in [0.15, 0.2) is 0 Å². The third-order valence-electron chi connectivity index (χ3n) is 4.19. The molecule has 0 fully saturated rings. The first-order valence-corrected chi connectivity index (χ1v) is 8.57. The Morgan fingerprint density at radius 3 is 2.45 bits per heavy atom. The van der Waals surface area contributed by atoms with Crippen molar-refractivity contribution in [1.82, 2.24) is 0 Å². The van der Waals surface area contributed by atoms with Crippen molar-refractivity contribution in [2.75, 3.05) is 0 Å². The summed E-state index contributed by atoms with van der Waals surface area (Å²) in [7, 11) is 0. The minimum absolute atomic E-state index is 0.301. The van der Waals surface area contributed by atoms with Crippen molar-refractivity contribution < 1.29 is 13.2 Å². The lowest BCUT2D eigenvalue weighted by atomic mass is 9.89. The van der Waals surface area contributed by atoms with Gasteiger partial charge in [-0.25, -0.2) is 0 Å². The van der Waals surface area contributed by atoms with Crippen molar-refractivity contribution in [3.8, 4) is 0 Å². The summed E-state index contributed by atoms with van der Waals surface area (Å²) in [4.78, 5) is 1.98. The first-order valence-electron chi connectivity index (χ1n) is 7.75. The van der Waals surface area contributed by atoms with Gasteiger partial charge in [-0.1, -0.05) is 55.8 Å². The van der Waals surface area contributed by atoms with Gasteiger partial charge in [0.05, 0.1) is 5.57 Å². The first-order chi connectivity index (χ1) is 10.2. The molecule has 0 saturated heterocycles. The van der Waals surface area contributed by atoms with E-state index < -0.39 is 11.7 Å². The quantitative estimate of drug-likeness (QED) is 0.511. The third-order valence-corrected chi connectivity index (χ3v) is 5.66. The van der Waals surface area contributed by atoms with E-state index in [2.05, 4.69) is 26.8 Å². The van der Waals surface area contributed by atoms with Crippen LogP contribution < -0.4 is 0 Å². The minimum atomic E-state index is -4.30. The first kappa shape index (κ1) is 17.5. The van der Waals surface area contributed by atoms with Crippen molar-refractivity contribution in [3.63, 3.8) is 0 Å². The van der Waals surface area contributed by atoms with Gasteiger partial charge in [-0.15, -0.1) is 0 Å². The van der Waals surface area contributed by atoms with Crippen molar-refractivity contribution in [3.05, 3.63) is 44.8 Å². The van der Waals surface area contributed by atoms with Gasteiger partial charge in [-0.2, -0.15) is 13.2 Å². The fraction of sp³-hybridized carbons (Fsp3) is 0.556. The summed E-state index contributed by atoms with van der Waals surface area (Å²) in [6.45, 7) is 8.10. The number of rotatable bonds is 1. The molecule has 1 atom stereocenters. The van der Waals surface area contributed by atoms with Gasteiger partial charge in [0.1, 0.15) is 0 Å². The van der Waals surface area contributed by atoms with Crippen LogP contribution in [-0.4, -0.2) is 6.18 Å². The van der Waals surface area contributed by atoms with E-state index in [9.17, 15) is 13.2 Å². The molecule has 0 aromatic carbocycles. The van der Waals surface area contributed by atoms with E-state index in [1.165, 1.54) is 34.4 Å². The van der Waals surface area contributed by atoms with Crippen LogP contribution in [0.4, 0.5) is 13.2 Å². The molecule has 1 aliphatic heterocycles. The van der Waals surface area contributed by atoms with Gasteiger partial charge in [0.2, 0.25) is 0 Å². The number of hydrogen-bond acceptors (Lipinski definition) is 1. The zero-order chi connectivity index (χ0) is 16.5. The van der Waals surface area contributed by atoms with Gasteiger partial charge in [-0.3, -0.25) is 0 Å². The zero-order valence-corrected chi connectivity index (χ0v) is 14.4. The summed E-state index contributed by atoms with van der Waals surface area (Å²) >= 11 is 1.53. The second-order valence-electron chi connectivity index (χ2n) is 6.48. The highest BCUT2D eigenvalue weighted by Gasteiger charge is 2.33. The molecule has 1 aliphatic carbocycles. The number of thioether (sulfide) groups is 1. The second-order valence-corrected chi connectivity index (χ2v) is 7.59. The number of alkyl halides is 3. The molecule has 0 aromatic heterocycles. The zero-order valence-electron chi connectivity index (χ0n) is 13.6. The molecule has 0 aromatic rings. The van der Waals surface area contributed by atoms with Crippen LogP contribution in [0.2, 0.25) is 0 Å². The molecule has 0 amide bonds. The molecule has 0 nitrogen and oxygen atoms in total. The standard InChI is InChI=1S/C18H23F3S/c1-11(2)16-8-6-13(4)15-7-5-12(3)9-14(18(19,20)21)10-17(15)22-16/h8-11,13H,5-7H2,1-4H3. The van der Waals surface area contributed by atoms with Gasteiger partial charge in [0.25, 0.3) is 0 Å². The van der Waals surface area contributed by atoms with E-state index in [4.69, 9.17) is 0 Å². The largest absolute Gasteiger partial charge is 0.416 e. The molecule has 1 heterocycles. The summed E-state index contributed by atoms with van der Waals surface area (Å²) < 4.78 is 39.8. The number of hydrogen-bond donors (Lipinski definition) is 0. The average Bonchev–Trinajstić information content (AvgIpc) is 2.52. The van der Waals surface area contributed by atoms with Crippen LogP contribution in [0.15, 0.2) is 44.8 Å². The molecule has 4 heteroatoms. The topological polar surface area (TPSA) is 0 Å². The molecule has 22 heavy (non-hydrogen) atoms. The van der Waals surface area contributed by atoms with Crippen LogP contribution in [0.3, 0.4) is 0 Å². The lowest BCUT2D eigenvalue weighted by Crippen LogP contribution is -2.12. The monoisotopic (exact) mass is 328 g/mol. The van der Waals surface area contributed by atoms with E-state index >= 15 is 0 Å². The maximum Gasteiger partial charge on any atom is 0.416 e. The molecule has 0 bridgehead atoms. The van der Waals surface area contributed by atoms with E-state index in [-0.39, 0.29) is 0 Å². The molecule has 0 spiro atoms. The fourth-order valence-corrected chi connectivity index (χ4v) is 4.06. The Morgan fingerprint density at radius 2 is 1.86 bits per heavy atom. The summed E-state index contributed by atoms with van der Waals surface area (Å²) in [6, 6.07) is 0. The highest BCUT2D eigenvalue weighted by atomic mass is 32.2. The molecule has 0 saturated carbocycles. The minimum Gasteiger partial charge on any atom is -0.166 e. The third kappa shape index (κ3) is 4.09. The van der Waals surface area contributed by atoms with Crippen LogP contribution in [0.5, 0.6) is 0 Å².